The van der Waals surface area contributed by atoms with Crippen LogP contribution in [0.1, 0.15) is 26.5 Å². The number of thiophene rings is 1. The summed E-state index contributed by atoms with van der Waals surface area (Å²) in [6, 6.07) is 7.31. The molecule has 0 bridgehead atoms. The molecule has 0 fully saturated rings. The zero-order valence-corrected chi connectivity index (χ0v) is 21.4. The number of aryl methyl sites for hydroxylation is 2. The van der Waals surface area contributed by atoms with Crippen LogP contribution in [0.5, 0.6) is 0 Å². The molecule has 0 saturated heterocycles. The van der Waals surface area contributed by atoms with Gasteiger partial charge in [-0.25, -0.2) is 14.6 Å². The SMILES string of the molecule is Cc1nc2sc(C(=O)NCc3ccc(Cl)cc3)c(N)c2c(C)c1Cl.O=C(O)C(F)(F)F.O=C(O)C(F)(F)F. The second-order valence-electron chi connectivity index (χ2n) is 7.08. The number of benzene rings is 1. The smallest absolute Gasteiger partial charge is 0.475 e. The Balaban J connectivity index is 0.000000426. The number of carbonyl (C=O) groups is 3. The van der Waals surface area contributed by atoms with Gasteiger partial charge in [-0.05, 0) is 37.1 Å². The fraction of sp³-hybridized carbons (Fsp3) is 0.238. The van der Waals surface area contributed by atoms with Crippen molar-refractivity contribution in [2.24, 2.45) is 0 Å². The zero-order valence-electron chi connectivity index (χ0n) is 19.1. The van der Waals surface area contributed by atoms with Gasteiger partial charge in [-0.2, -0.15) is 26.3 Å². The number of carboxylic acids is 2. The van der Waals surface area contributed by atoms with Gasteiger partial charge in [0.1, 0.15) is 9.71 Å². The number of hydrogen-bond acceptors (Lipinski definition) is 6. The number of nitrogens with zero attached hydrogens (tertiary/aromatic N) is 1. The second-order valence-corrected chi connectivity index (χ2v) is 8.89. The summed E-state index contributed by atoms with van der Waals surface area (Å²) in [6.45, 7) is 4.12. The molecule has 2 aromatic heterocycles. The molecule has 17 heteroatoms. The van der Waals surface area contributed by atoms with Crippen molar-refractivity contribution in [1.29, 1.82) is 0 Å². The topological polar surface area (TPSA) is 143 Å². The number of aromatic nitrogens is 1. The Morgan fingerprint density at radius 1 is 0.974 bits per heavy atom. The fourth-order valence-electron chi connectivity index (χ4n) is 2.49. The molecule has 0 aliphatic rings. The molecule has 1 aromatic carbocycles. The molecule has 0 saturated carbocycles. The van der Waals surface area contributed by atoms with Crippen molar-refractivity contribution < 1.29 is 50.9 Å². The lowest BCUT2D eigenvalue weighted by atomic mass is 10.1. The number of aliphatic carboxylic acids is 2. The lowest BCUT2D eigenvalue weighted by molar-refractivity contribution is -0.193. The average molecular weight is 608 g/mol. The molecule has 0 atom stereocenters. The number of nitrogen functional groups attached to an aromatic ring is 1. The number of carbonyl (C=O) groups excluding carboxylic acids is 1. The number of pyridine rings is 1. The van der Waals surface area contributed by atoms with Gasteiger partial charge in [0, 0.05) is 17.0 Å². The Kier molecular flexibility index (Phi) is 11.2. The number of nitrogens with two attached hydrogens (primary N) is 1. The molecule has 5 N–H and O–H groups in total. The third-order valence-electron chi connectivity index (χ3n) is 4.28. The Morgan fingerprint density at radius 2 is 1.42 bits per heavy atom. The average Bonchev–Trinajstić information content (AvgIpc) is 3.12. The van der Waals surface area contributed by atoms with E-state index in [1.807, 2.05) is 26.0 Å². The number of hydrogen-bond donors (Lipinski definition) is 4. The predicted molar refractivity (Wildman–Crippen MR) is 129 cm³/mol. The first-order valence-electron chi connectivity index (χ1n) is 9.74. The maximum absolute atomic E-state index is 12.5. The summed E-state index contributed by atoms with van der Waals surface area (Å²) in [5.74, 6) is -5.74. The van der Waals surface area contributed by atoms with Gasteiger partial charge in [-0.15, -0.1) is 11.3 Å². The minimum absolute atomic E-state index is 0.223. The van der Waals surface area contributed by atoms with Crippen molar-refractivity contribution in [3.8, 4) is 0 Å². The van der Waals surface area contributed by atoms with Gasteiger partial charge in [0.15, 0.2) is 0 Å². The van der Waals surface area contributed by atoms with Gasteiger partial charge in [-0.1, -0.05) is 35.3 Å². The van der Waals surface area contributed by atoms with Crippen molar-refractivity contribution in [1.82, 2.24) is 10.3 Å². The Labute approximate surface area is 224 Å². The highest BCUT2D eigenvalue weighted by atomic mass is 35.5. The monoisotopic (exact) mass is 607 g/mol. The normalized spacial score (nSPS) is 11.1. The summed E-state index contributed by atoms with van der Waals surface area (Å²) < 4.78 is 63.5. The number of halogens is 8. The number of carboxylic acid groups (broad SMARTS) is 2. The molecule has 1 amide bonds. The second kappa shape index (κ2) is 13.0. The molecule has 38 heavy (non-hydrogen) atoms. The maximum atomic E-state index is 12.5. The van der Waals surface area contributed by atoms with E-state index in [2.05, 4.69) is 10.3 Å². The summed E-state index contributed by atoms with van der Waals surface area (Å²) in [4.78, 5) is 35.9. The predicted octanol–water partition coefficient (Wildman–Crippen LogP) is 6.00. The molecule has 0 unspecified atom stereocenters. The largest absolute Gasteiger partial charge is 0.490 e. The van der Waals surface area contributed by atoms with E-state index in [1.165, 1.54) is 11.3 Å². The number of alkyl halides is 6. The number of rotatable bonds is 3. The van der Waals surface area contributed by atoms with Crippen LogP contribution >= 0.6 is 34.5 Å². The molecule has 3 aromatic rings. The Hall–Kier alpha value is -3.30. The van der Waals surface area contributed by atoms with Crippen LogP contribution in [-0.2, 0) is 16.1 Å². The van der Waals surface area contributed by atoms with Crippen LogP contribution in [0.25, 0.3) is 10.2 Å². The molecular formula is C21H17Cl2F6N3O5S. The molecule has 208 valence electrons. The van der Waals surface area contributed by atoms with Crippen molar-refractivity contribution in [2.75, 3.05) is 5.73 Å². The minimum atomic E-state index is -5.08. The fourth-order valence-corrected chi connectivity index (χ4v) is 3.87. The molecule has 0 aliphatic heterocycles. The van der Waals surface area contributed by atoms with Gasteiger partial charge < -0.3 is 21.3 Å². The Bertz CT molecular complexity index is 1300. The van der Waals surface area contributed by atoms with Crippen LogP contribution in [0, 0.1) is 13.8 Å². The summed E-state index contributed by atoms with van der Waals surface area (Å²) >= 11 is 13.4. The van der Waals surface area contributed by atoms with E-state index in [1.54, 1.807) is 12.1 Å². The molecule has 2 heterocycles. The van der Waals surface area contributed by atoms with E-state index < -0.39 is 24.3 Å². The highest BCUT2D eigenvalue weighted by molar-refractivity contribution is 7.21. The van der Waals surface area contributed by atoms with Crippen LogP contribution in [0.15, 0.2) is 24.3 Å². The molecular weight excluding hydrogens is 591 g/mol. The van der Waals surface area contributed by atoms with Crippen LogP contribution in [-0.4, -0.2) is 45.4 Å². The zero-order chi connectivity index (χ0) is 29.6. The number of anilines is 1. The van der Waals surface area contributed by atoms with E-state index in [0.717, 1.165) is 27.0 Å². The van der Waals surface area contributed by atoms with Crippen LogP contribution < -0.4 is 11.1 Å². The minimum Gasteiger partial charge on any atom is -0.475 e. The molecule has 0 radical (unpaired) electrons. The first-order valence-corrected chi connectivity index (χ1v) is 11.3. The highest BCUT2D eigenvalue weighted by Crippen LogP contribution is 2.38. The third kappa shape index (κ3) is 9.22. The van der Waals surface area contributed by atoms with Crippen LogP contribution in [0.3, 0.4) is 0 Å². The van der Waals surface area contributed by atoms with E-state index >= 15 is 0 Å². The van der Waals surface area contributed by atoms with Crippen molar-refractivity contribution in [2.45, 2.75) is 32.7 Å². The number of nitrogens with one attached hydrogen (secondary N) is 1. The lowest BCUT2D eigenvalue weighted by Crippen LogP contribution is -2.22. The van der Waals surface area contributed by atoms with Gasteiger partial charge >= 0.3 is 24.3 Å². The van der Waals surface area contributed by atoms with Crippen molar-refractivity contribution in [3.05, 3.63) is 56.0 Å². The third-order valence-corrected chi connectivity index (χ3v) is 6.18. The number of amides is 1. The lowest BCUT2D eigenvalue weighted by Gasteiger charge is -2.05. The summed E-state index contributed by atoms with van der Waals surface area (Å²) in [5, 5.41) is 19.1. The first-order chi connectivity index (χ1) is 17.3. The molecule has 0 aliphatic carbocycles. The van der Waals surface area contributed by atoms with E-state index in [0.29, 0.717) is 27.2 Å². The first kappa shape index (κ1) is 32.7. The highest BCUT2D eigenvalue weighted by Gasteiger charge is 2.38. The molecule has 3 rings (SSSR count). The quantitative estimate of drug-likeness (QED) is 0.267. The van der Waals surface area contributed by atoms with Gasteiger partial charge in [0.05, 0.1) is 16.4 Å². The molecule has 0 spiro atoms. The van der Waals surface area contributed by atoms with Gasteiger partial charge in [-0.3, -0.25) is 4.79 Å². The Morgan fingerprint density at radius 3 is 1.84 bits per heavy atom. The van der Waals surface area contributed by atoms with Gasteiger partial charge in [0.2, 0.25) is 0 Å². The van der Waals surface area contributed by atoms with E-state index in [-0.39, 0.29) is 5.91 Å². The van der Waals surface area contributed by atoms with Gasteiger partial charge in [0.25, 0.3) is 5.91 Å². The van der Waals surface area contributed by atoms with E-state index in [4.69, 9.17) is 48.7 Å². The number of fused-ring (bicyclic) bond motifs is 1. The van der Waals surface area contributed by atoms with Crippen LogP contribution in [0.4, 0.5) is 32.0 Å². The maximum Gasteiger partial charge on any atom is 0.490 e. The summed E-state index contributed by atoms with van der Waals surface area (Å²) in [5.41, 5.74) is 9.15. The van der Waals surface area contributed by atoms with Crippen LogP contribution in [0.2, 0.25) is 10.0 Å². The molecule has 8 nitrogen and oxygen atoms in total. The van der Waals surface area contributed by atoms with Crippen molar-refractivity contribution >= 4 is 68.3 Å². The van der Waals surface area contributed by atoms with Crippen molar-refractivity contribution in [3.63, 3.8) is 0 Å². The summed E-state index contributed by atoms with van der Waals surface area (Å²) in [7, 11) is 0. The van der Waals surface area contributed by atoms with E-state index in [9.17, 15) is 31.1 Å². The standard InChI is InChI=1S/C17H15Cl2N3OS.2C2HF3O2/c1-8-12-14(20)15(24-17(12)22-9(2)13(8)19)16(23)21-7-10-3-5-11(18)6-4-10;2*3-2(4,5)1(6)7/h3-6H,7,20H2,1-2H3,(H,21,23);2*(H,6,7). The summed E-state index contributed by atoms with van der Waals surface area (Å²) in [6.07, 6.45) is -10.2.